The van der Waals surface area contributed by atoms with Gasteiger partial charge in [0.05, 0.1) is 16.6 Å². The molecule has 0 atom stereocenters. The molecule has 2 rings (SSSR count). The summed E-state index contributed by atoms with van der Waals surface area (Å²) in [5.74, 6) is -3.19. The van der Waals surface area contributed by atoms with Crippen molar-refractivity contribution in [3.8, 4) is 0 Å². The Morgan fingerprint density at radius 1 is 1.32 bits per heavy atom. The molecule has 1 aromatic rings. The third-order valence-corrected chi connectivity index (χ3v) is 2.97. The van der Waals surface area contributed by atoms with Gasteiger partial charge >= 0.3 is 109 Å². The summed E-state index contributed by atoms with van der Waals surface area (Å²) in [6, 6.07) is -4.04. The molecule has 1 aliphatic heterocycles. The minimum absolute atomic E-state index is 0. The van der Waals surface area contributed by atoms with Gasteiger partial charge in [-0.05, 0) is 0 Å². The van der Waals surface area contributed by atoms with Crippen molar-refractivity contribution in [1.29, 1.82) is 0 Å². The topological polar surface area (TPSA) is 110 Å². The zero-order valence-electron chi connectivity index (χ0n) is 11.7. The van der Waals surface area contributed by atoms with Crippen LogP contribution in [-0.4, -0.2) is 29.9 Å². The quantitative estimate of drug-likeness (QED) is 0.224. The smallest absolute Gasteiger partial charge is 0.889 e. The number of fused-ring (bicyclic) bond motifs is 1. The monoisotopic (exact) mass is 366 g/mol. The van der Waals surface area contributed by atoms with E-state index in [-0.39, 0.29) is 114 Å². The number of amides is 1. The van der Waals surface area contributed by atoms with Crippen molar-refractivity contribution in [2.75, 3.05) is 7.05 Å². The summed E-state index contributed by atoms with van der Waals surface area (Å²) < 4.78 is 41.3. The molecule has 7 nitrogen and oxygen atoms in total. The van der Waals surface area contributed by atoms with Gasteiger partial charge < -0.3 is 10.0 Å². The Balaban J connectivity index is 0.00000220. The van der Waals surface area contributed by atoms with Gasteiger partial charge in [0, 0.05) is 7.05 Å². The number of alkyl halides is 2. The van der Waals surface area contributed by atoms with Gasteiger partial charge in [-0.3, -0.25) is 19.8 Å². The Bertz CT molecular complexity index is 646. The van der Waals surface area contributed by atoms with Crippen LogP contribution < -0.4 is 118 Å². The van der Waals surface area contributed by atoms with Crippen LogP contribution >= 0.6 is 0 Å². The predicted octanol–water partition coefficient (Wildman–Crippen LogP) is -7.71. The van der Waals surface area contributed by atoms with E-state index in [9.17, 15) is 38.1 Å². The van der Waals surface area contributed by atoms with Crippen LogP contribution in [-0.2, 0) is 6.05 Å². The van der Waals surface area contributed by atoms with Gasteiger partial charge in [0.25, 0.3) is 11.6 Å². The van der Waals surface area contributed by atoms with Crippen LogP contribution in [0.5, 0.6) is 0 Å². The van der Waals surface area contributed by atoms with Gasteiger partial charge in [-0.1, -0.05) is 12.6 Å². The zero-order chi connectivity index (χ0) is 15.4. The third-order valence-electron chi connectivity index (χ3n) is 2.97. The summed E-state index contributed by atoms with van der Waals surface area (Å²) in [5.41, 5.74) is -5.34. The molecule has 1 aliphatic rings. The van der Waals surface area contributed by atoms with Crippen LogP contribution in [0, 0.1) is 15.9 Å². The van der Waals surface area contributed by atoms with Gasteiger partial charge in [0.15, 0.2) is 0 Å². The first-order valence-electron chi connectivity index (χ1n) is 5.09. The maximum Gasteiger partial charge on any atom is 1.00 e. The maximum atomic E-state index is 13.9. The Hall–Kier alpha value is 1.14. The van der Waals surface area contributed by atoms with Gasteiger partial charge in [-0.2, -0.15) is 8.78 Å². The number of carbonyl (C=O) groups is 1. The molecule has 1 heterocycles. The first kappa shape index (κ1) is 23.1. The molecule has 22 heavy (non-hydrogen) atoms. The Morgan fingerprint density at radius 3 is 2.23 bits per heavy atom. The third kappa shape index (κ3) is 3.55. The summed E-state index contributed by atoms with van der Waals surface area (Å²) in [4.78, 5) is 20.9. The molecule has 0 aromatic heterocycles. The van der Waals surface area contributed by atoms with Crippen LogP contribution in [0.15, 0.2) is 6.07 Å². The first-order valence-corrected chi connectivity index (χ1v) is 5.09. The van der Waals surface area contributed by atoms with Crippen LogP contribution in [0.25, 0.3) is 0 Å². The molecule has 0 bridgehead atoms. The Labute approximate surface area is 207 Å². The van der Waals surface area contributed by atoms with Crippen LogP contribution in [0.3, 0.4) is 0 Å². The molecular formula is C9H4BF3K2N2O5. The van der Waals surface area contributed by atoms with Crippen molar-refractivity contribution >= 4 is 24.2 Å². The fraction of sp³-hybridized carbons (Fsp3) is 0.222. The summed E-state index contributed by atoms with van der Waals surface area (Å²) in [5, 5.41) is 32.5. The summed E-state index contributed by atoms with van der Waals surface area (Å²) in [6.07, 6.45) is 0. The van der Waals surface area contributed by atoms with Gasteiger partial charge in [-0.25, -0.2) is 4.39 Å². The van der Waals surface area contributed by atoms with Crippen molar-refractivity contribution in [3.05, 3.63) is 33.1 Å². The van der Waals surface area contributed by atoms with E-state index < -0.39 is 52.1 Å². The minimum Gasteiger partial charge on any atom is -0.889 e. The number of rotatable bonds is 2. The molecule has 0 aliphatic carbocycles. The van der Waals surface area contributed by atoms with Crippen molar-refractivity contribution in [2.24, 2.45) is 0 Å². The number of halogens is 3. The van der Waals surface area contributed by atoms with Crippen LogP contribution in [0.2, 0.25) is 0 Å². The molecule has 1 aromatic carbocycles. The average Bonchev–Trinajstić information content (AvgIpc) is 2.50. The largest absolute Gasteiger partial charge is 1.00 e. The molecule has 0 unspecified atom stereocenters. The van der Waals surface area contributed by atoms with Crippen molar-refractivity contribution in [2.45, 2.75) is 6.05 Å². The number of benzene rings is 1. The molecule has 0 N–H and O–H groups in total. The van der Waals surface area contributed by atoms with E-state index in [1.807, 2.05) is 0 Å². The molecule has 13 heteroatoms. The molecule has 0 saturated heterocycles. The average molecular weight is 366 g/mol. The van der Waals surface area contributed by atoms with Crippen molar-refractivity contribution < 1.29 is 136 Å². The number of hydrogen-bond acceptors (Lipinski definition) is 5. The van der Waals surface area contributed by atoms with Crippen LogP contribution in [0.1, 0.15) is 15.9 Å². The molecular weight excluding hydrogens is 362 g/mol. The normalized spacial score (nSPS) is 14.8. The van der Waals surface area contributed by atoms with E-state index in [4.69, 9.17) is 0 Å². The molecule has 0 saturated carbocycles. The predicted molar refractivity (Wildman–Crippen MR) is 54.4 cm³/mol. The van der Waals surface area contributed by atoms with E-state index in [0.717, 1.165) is 0 Å². The number of nitrogens with zero attached hydrogens (tertiary/aromatic N) is 2. The standard InChI is InChI=1S/C9H4BF3N2O5.2K/c1-14-8(16)5-4(15(19)20)2-3(11)7(10(17)18)6(5)9(14,12)13;;/h2H,1H3;;/q-2;2*+1. The molecule has 106 valence electrons. The number of hydrogen-bond donors (Lipinski definition) is 0. The number of nitro groups is 1. The van der Waals surface area contributed by atoms with Crippen molar-refractivity contribution in [1.82, 2.24) is 4.90 Å². The van der Waals surface area contributed by atoms with Gasteiger partial charge in [0.1, 0.15) is 11.4 Å². The second-order valence-electron chi connectivity index (χ2n) is 4.04. The van der Waals surface area contributed by atoms with Gasteiger partial charge in [-0.15, -0.1) is 0 Å². The van der Waals surface area contributed by atoms with E-state index in [1.165, 1.54) is 0 Å². The SMILES string of the molecule is CN1C(=O)c2c([N+](=O)[O-])cc(F)c(B([O-])[O-])c2C1(F)F.[K+].[K+]. The summed E-state index contributed by atoms with van der Waals surface area (Å²) in [7, 11) is -2.52. The van der Waals surface area contributed by atoms with E-state index in [0.29, 0.717) is 7.05 Å². The second kappa shape index (κ2) is 8.01. The number of carbonyl (C=O) groups excluding carboxylic acids is 1. The first-order chi connectivity index (χ1) is 9.10. The fourth-order valence-corrected chi connectivity index (χ4v) is 2.02. The van der Waals surface area contributed by atoms with Gasteiger partial charge in [0.2, 0.25) is 0 Å². The number of nitro benzene ring substituents is 1. The molecule has 0 fully saturated rings. The molecule has 0 spiro atoms. The fourth-order valence-electron chi connectivity index (χ4n) is 2.02. The van der Waals surface area contributed by atoms with E-state index in [1.54, 1.807) is 0 Å². The van der Waals surface area contributed by atoms with Crippen molar-refractivity contribution in [3.63, 3.8) is 0 Å². The maximum absolute atomic E-state index is 13.9. The summed E-state index contributed by atoms with van der Waals surface area (Å²) >= 11 is 0. The Morgan fingerprint density at radius 2 is 1.82 bits per heavy atom. The molecule has 1 amide bonds. The van der Waals surface area contributed by atoms with E-state index >= 15 is 0 Å². The van der Waals surface area contributed by atoms with E-state index in [2.05, 4.69) is 0 Å². The minimum atomic E-state index is -4.16. The Kier molecular flexibility index (Phi) is 8.43. The van der Waals surface area contributed by atoms with Crippen LogP contribution in [0.4, 0.5) is 18.9 Å². The zero-order valence-corrected chi connectivity index (χ0v) is 18.0. The second-order valence-corrected chi connectivity index (χ2v) is 4.04. The summed E-state index contributed by atoms with van der Waals surface area (Å²) in [6.45, 7) is 0. The molecule has 0 radical (unpaired) electrons.